The molecule has 1 aliphatic rings. The van der Waals surface area contributed by atoms with Gasteiger partial charge in [-0.25, -0.2) is 4.98 Å². The maximum atomic E-state index is 4.68. The first-order chi connectivity index (χ1) is 7.92. The van der Waals surface area contributed by atoms with Crippen molar-refractivity contribution in [2.75, 3.05) is 13.1 Å². The quantitative estimate of drug-likeness (QED) is 0.854. The molecule has 3 heterocycles. The normalized spacial score (nSPS) is 20.4. The molecule has 1 unspecified atom stereocenters. The van der Waals surface area contributed by atoms with Gasteiger partial charge in [0.2, 0.25) is 0 Å². The Balaban J connectivity index is 1.72. The van der Waals surface area contributed by atoms with Gasteiger partial charge in [-0.15, -0.1) is 11.3 Å². The van der Waals surface area contributed by atoms with Crippen LogP contribution < -0.4 is 5.32 Å². The highest BCUT2D eigenvalue weighted by Crippen LogP contribution is 2.23. The third-order valence-electron chi connectivity index (χ3n) is 3.05. The van der Waals surface area contributed by atoms with Gasteiger partial charge in [0.15, 0.2) is 0 Å². The number of nitrogens with zero attached hydrogens (tertiary/aromatic N) is 1. The van der Waals surface area contributed by atoms with Crippen molar-refractivity contribution in [3.8, 4) is 11.4 Å². The lowest BCUT2D eigenvalue weighted by Crippen LogP contribution is -2.10. The molecule has 0 aromatic carbocycles. The minimum atomic E-state index is 0.780. The Morgan fingerprint density at radius 2 is 2.50 bits per heavy atom. The number of hydrogen-bond donors (Lipinski definition) is 2. The first kappa shape index (κ1) is 10.1. The Morgan fingerprint density at radius 3 is 3.25 bits per heavy atom. The molecule has 0 amide bonds. The van der Waals surface area contributed by atoms with Gasteiger partial charge in [-0.05, 0) is 37.6 Å². The van der Waals surface area contributed by atoms with Crippen LogP contribution in [0.5, 0.6) is 0 Å². The van der Waals surface area contributed by atoms with E-state index in [9.17, 15) is 0 Å². The summed E-state index contributed by atoms with van der Waals surface area (Å²) in [4.78, 5) is 7.87. The second-order valence-electron chi connectivity index (χ2n) is 4.27. The van der Waals surface area contributed by atoms with Gasteiger partial charge >= 0.3 is 0 Å². The molecule has 0 aliphatic carbocycles. The first-order valence-corrected chi connectivity index (χ1v) is 6.58. The molecule has 1 fully saturated rings. The van der Waals surface area contributed by atoms with E-state index in [1.807, 2.05) is 12.3 Å². The molecule has 2 aromatic heterocycles. The van der Waals surface area contributed by atoms with Crippen molar-refractivity contribution in [3.05, 3.63) is 28.7 Å². The number of hydrogen-bond acceptors (Lipinski definition) is 3. The fourth-order valence-corrected chi connectivity index (χ4v) is 3.06. The van der Waals surface area contributed by atoms with Crippen LogP contribution in [-0.4, -0.2) is 23.1 Å². The van der Waals surface area contributed by atoms with Gasteiger partial charge in [0.25, 0.3) is 0 Å². The Hall–Kier alpha value is -1.13. The van der Waals surface area contributed by atoms with Crippen LogP contribution in [0.1, 0.15) is 11.4 Å². The predicted molar refractivity (Wildman–Crippen MR) is 66.6 cm³/mol. The average molecular weight is 233 g/mol. The summed E-state index contributed by atoms with van der Waals surface area (Å²) in [6.45, 7) is 2.32. The molecule has 0 saturated carbocycles. The maximum Gasteiger partial charge on any atom is 0.0976 e. The third kappa shape index (κ3) is 2.03. The summed E-state index contributed by atoms with van der Waals surface area (Å²) in [6, 6.07) is 4.07. The number of rotatable bonds is 3. The lowest BCUT2D eigenvalue weighted by molar-refractivity contribution is 0.578. The third-order valence-corrected chi connectivity index (χ3v) is 3.92. The van der Waals surface area contributed by atoms with Gasteiger partial charge in [0.05, 0.1) is 16.4 Å². The lowest BCUT2D eigenvalue weighted by Gasteiger charge is -2.03. The van der Waals surface area contributed by atoms with Crippen LogP contribution in [0.15, 0.2) is 23.7 Å². The van der Waals surface area contributed by atoms with Crippen LogP contribution in [0.2, 0.25) is 0 Å². The van der Waals surface area contributed by atoms with Gasteiger partial charge < -0.3 is 10.3 Å². The summed E-state index contributed by atoms with van der Waals surface area (Å²) >= 11 is 1.78. The van der Waals surface area contributed by atoms with E-state index in [2.05, 4.69) is 26.7 Å². The average Bonchev–Trinajstić information content (AvgIpc) is 2.99. The van der Waals surface area contributed by atoms with Crippen LogP contribution in [0.3, 0.4) is 0 Å². The largest absolute Gasteiger partial charge is 0.360 e. The molecular weight excluding hydrogens is 218 g/mol. The van der Waals surface area contributed by atoms with E-state index in [0.717, 1.165) is 30.3 Å². The summed E-state index contributed by atoms with van der Waals surface area (Å²) in [5, 5.41) is 6.80. The summed E-state index contributed by atoms with van der Waals surface area (Å²) in [7, 11) is 0. The molecule has 84 valence electrons. The van der Waals surface area contributed by atoms with Crippen LogP contribution in [0.25, 0.3) is 11.4 Å². The minimum Gasteiger partial charge on any atom is -0.360 e. The van der Waals surface area contributed by atoms with Gasteiger partial charge in [-0.3, -0.25) is 0 Å². The van der Waals surface area contributed by atoms with E-state index < -0.39 is 0 Å². The Kier molecular flexibility index (Phi) is 2.76. The molecule has 16 heavy (non-hydrogen) atoms. The minimum absolute atomic E-state index is 0.780. The topological polar surface area (TPSA) is 40.7 Å². The fourth-order valence-electron chi connectivity index (χ4n) is 2.15. The van der Waals surface area contributed by atoms with Crippen LogP contribution in [0, 0.1) is 5.92 Å². The molecule has 1 saturated heterocycles. The smallest absolute Gasteiger partial charge is 0.0976 e. The van der Waals surface area contributed by atoms with Crippen molar-refractivity contribution in [1.29, 1.82) is 0 Å². The van der Waals surface area contributed by atoms with Crippen LogP contribution >= 0.6 is 11.3 Å². The van der Waals surface area contributed by atoms with Crippen LogP contribution in [0.4, 0.5) is 0 Å². The Morgan fingerprint density at radius 1 is 1.50 bits per heavy atom. The summed E-state index contributed by atoms with van der Waals surface area (Å²) in [5.74, 6) is 0.780. The van der Waals surface area contributed by atoms with E-state index in [4.69, 9.17) is 0 Å². The molecular formula is C12H15N3S. The standard InChI is InChI=1S/C12H15N3S/c1-2-10(14-4-1)11-8-16-12(15-11)6-9-3-5-13-7-9/h1-2,4,8-9,13-14H,3,5-7H2. The van der Waals surface area contributed by atoms with Crippen molar-refractivity contribution in [2.45, 2.75) is 12.8 Å². The predicted octanol–water partition coefficient (Wildman–Crippen LogP) is 2.29. The number of H-pyrrole nitrogens is 1. The monoisotopic (exact) mass is 233 g/mol. The van der Waals surface area contributed by atoms with E-state index in [1.54, 1.807) is 11.3 Å². The first-order valence-electron chi connectivity index (χ1n) is 5.71. The van der Waals surface area contributed by atoms with Gasteiger partial charge in [0, 0.05) is 18.0 Å². The van der Waals surface area contributed by atoms with E-state index >= 15 is 0 Å². The summed E-state index contributed by atoms with van der Waals surface area (Å²) in [6.07, 6.45) is 4.35. The van der Waals surface area contributed by atoms with Gasteiger partial charge in [0.1, 0.15) is 0 Å². The SMILES string of the molecule is c1c[nH]c(-c2csc(CC3CCNC3)n2)c1. The molecule has 3 rings (SSSR count). The van der Waals surface area contributed by atoms with E-state index in [1.165, 1.54) is 18.0 Å². The fraction of sp³-hybridized carbons (Fsp3) is 0.417. The second-order valence-corrected chi connectivity index (χ2v) is 5.22. The van der Waals surface area contributed by atoms with Crippen molar-refractivity contribution in [1.82, 2.24) is 15.3 Å². The van der Waals surface area contributed by atoms with Crippen molar-refractivity contribution < 1.29 is 0 Å². The highest BCUT2D eigenvalue weighted by atomic mass is 32.1. The molecule has 2 aromatic rings. The van der Waals surface area contributed by atoms with E-state index in [-0.39, 0.29) is 0 Å². The number of thiazole rings is 1. The highest BCUT2D eigenvalue weighted by molar-refractivity contribution is 7.09. The van der Waals surface area contributed by atoms with Gasteiger partial charge in [-0.2, -0.15) is 0 Å². The Labute approximate surface area is 98.9 Å². The van der Waals surface area contributed by atoms with Gasteiger partial charge in [-0.1, -0.05) is 0 Å². The molecule has 0 bridgehead atoms. The lowest BCUT2D eigenvalue weighted by atomic mass is 10.1. The zero-order valence-corrected chi connectivity index (χ0v) is 9.89. The molecule has 0 radical (unpaired) electrons. The van der Waals surface area contributed by atoms with Crippen LogP contribution in [-0.2, 0) is 6.42 Å². The zero-order valence-electron chi connectivity index (χ0n) is 9.07. The summed E-state index contributed by atoms with van der Waals surface area (Å²) < 4.78 is 0. The highest BCUT2D eigenvalue weighted by Gasteiger charge is 2.16. The molecule has 0 spiro atoms. The Bertz CT molecular complexity index is 441. The second kappa shape index (κ2) is 4.39. The molecule has 1 atom stereocenters. The van der Waals surface area contributed by atoms with Crippen molar-refractivity contribution in [2.24, 2.45) is 5.92 Å². The molecule has 3 nitrogen and oxygen atoms in total. The number of aromatic amines is 1. The maximum absolute atomic E-state index is 4.68. The van der Waals surface area contributed by atoms with E-state index in [0.29, 0.717) is 0 Å². The molecule has 1 aliphatic heterocycles. The number of nitrogens with one attached hydrogen (secondary N) is 2. The number of aromatic nitrogens is 2. The molecule has 4 heteroatoms. The van der Waals surface area contributed by atoms with Crippen molar-refractivity contribution in [3.63, 3.8) is 0 Å². The zero-order chi connectivity index (χ0) is 10.8. The van der Waals surface area contributed by atoms with Crippen molar-refractivity contribution >= 4 is 11.3 Å². The summed E-state index contributed by atoms with van der Waals surface area (Å²) in [5.41, 5.74) is 2.20. The molecule has 2 N–H and O–H groups in total.